The van der Waals surface area contributed by atoms with Crippen LogP contribution in [0.1, 0.15) is 5.56 Å². The van der Waals surface area contributed by atoms with E-state index < -0.39 is 22.5 Å². The lowest BCUT2D eigenvalue weighted by Crippen LogP contribution is -2.04. The number of hydrogen-bond acceptors (Lipinski definition) is 1. The monoisotopic (exact) mass is 284 g/mol. The molecule has 1 unspecified atom stereocenters. The topological polar surface area (TPSA) is 17.1 Å². The minimum atomic E-state index is -4.34. The van der Waals surface area contributed by atoms with Crippen LogP contribution in [-0.4, -0.2) is 10.5 Å². The second kappa shape index (κ2) is 5.17. The Balaban J connectivity index is 2.46. The van der Waals surface area contributed by atoms with Gasteiger partial charge in [0.2, 0.25) is 0 Å². The summed E-state index contributed by atoms with van der Waals surface area (Å²) >= 11 is 0. The van der Waals surface area contributed by atoms with Gasteiger partial charge in [0.15, 0.2) is 0 Å². The highest BCUT2D eigenvalue weighted by atomic mass is 32.2. The van der Waals surface area contributed by atoms with E-state index in [0.717, 1.165) is 12.1 Å². The lowest BCUT2D eigenvalue weighted by molar-refractivity contribution is -0.137. The lowest BCUT2D eigenvalue weighted by Gasteiger charge is -2.10. The van der Waals surface area contributed by atoms with Gasteiger partial charge in [0.25, 0.3) is 0 Å². The lowest BCUT2D eigenvalue weighted by atomic mass is 10.0. The van der Waals surface area contributed by atoms with Crippen molar-refractivity contribution < 1.29 is 17.4 Å². The molecule has 0 radical (unpaired) electrons. The van der Waals surface area contributed by atoms with Crippen LogP contribution in [0.15, 0.2) is 53.4 Å². The van der Waals surface area contributed by atoms with Crippen molar-refractivity contribution in [3.8, 4) is 11.1 Å². The summed E-state index contributed by atoms with van der Waals surface area (Å²) in [7, 11) is -1.19. The molecule has 0 amide bonds. The minimum absolute atomic E-state index is 0.613. The molecule has 0 saturated heterocycles. The highest BCUT2D eigenvalue weighted by Crippen LogP contribution is 2.32. The first kappa shape index (κ1) is 13.8. The van der Waals surface area contributed by atoms with Gasteiger partial charge in [-0.2, -0.15) is 13.2 Å². The predicted octanol–water partition coefficient (Wildman–Crippen LogP) is 4.11. The molecule has 0 heterocycles. The van der Waals surface area contributed by atoms with Crippen molar-refractivity contribution >= 4 is 10.8 Å². The number of benzene rings is 2. The Morgan fingerprint density at radius 2 is 1.53 bits per heavy atom. The maximum atomic E-state index is 12.5. The molecule has 0 N–H and O–H groups in total. The molecule has 1 atom stereocenters. The largest absolute Gasteiger partial charge is 0.416 e. The quantitative estimate of drug-likeness (QED) is 0.811. The van der Waals surface area contributed by atoms with Crippen LogP contribution >= 0.6 is 0 Å². The highest BCUT2D eigenvalue weighted by molar-refractivity contribution is 7.84. The van der Waals surface area contributed by atoms with Gasteiger partial charge in [-0.1, -0.05) is 30.3 Å². The van der Waals surface area contributed by atoms with E-state index in [-0.39, 0.29) is 0 Å². The molecule has 0 aliphatic heterocycles. The Labute approximate surface area is 111 Å². The molecule has 19 heavy (non-hydrogen) atoms. The molecule has 0 fully saturated rings. The molecular formula is C14H11F3OS. The molecule has 0 aliphatic carbocycles. The summed E-state index contributed by atoms with van der Waals surface area (Å²) in [5.41, 5.74) is 0.627. The normalized spacial score (nSPS) is 13.3. The fraction of sp³-hybridized carbons (Fsp3) is 0.143. The third kappa shape index (κ3) is 3.04. The van der Waals surface area contributed by atoms with Crippen LogP contribution in [0, 0.1) is 0 Å². The zero-order chi connectivity index (χ0) is 14.0. The van der Waals surface area contributed by atoms with Crippen molar-refractivity contribution in [3.05, 3.63) is 54.1 Å². The Hall–Kier alpha value is -1.62. The van der Waals surface area contributed by atoms with E-state index in [2.05, 4.69) is 0 Å². The minimum Gasteiger partial charge on any atom is -0.255 e. The average Bonchev–Trinajstić information content (AvgIpc) is 2.38. The van der Waals surface area contributed by atoms with Gasteiger partial charge < -0.3 is 0 Å². The summed E-state index contributed by atoms with van der Waals surface area (Å²) in [6.07, 6.45) is -2.80. The van der Waals surface area contributed by atoms with Crippen molar-refractivity contribution in [3.63, 3.8) is 0 Å². The van der Waals surface area contributed by atoms with Gasteiger partial charge >= 0.3 is 6.18 Å². The Morgan fingerprint density at radius 1 is 0.947 bits per heavy atom. The highest BCUT2D eigenvalue weighted by Gasteiger charge is 2.30. The van der Waals surface area contributed by atoms with Crippen LogP contribution in [0.4, 0.5) is 13.2 Å². The Bertz CT molecular complexity index is 603. The first-order chi connectivity index (χ1) is 8.89. The van der Waals surface area contributed by atoms with Crippen LogP contribution in [-0.2, 0) is 17.0 Å². The molecule has 0 aromatic heterocycles. The van der Waals surface area contributed by atoms with E-state index in [0.29, 0.717) is 16.0 Å². The molecule has 100 valence electrons. The SMILES string of the molecule is CS(=O)c1ccccc1-c1ccc(C(F)(F)F)cc1. The van der Waals surface area contributed by atoms with Gasteiger partial charge in [-0.15, -0.1) is 0 Å². The van der Waals surface area contributed by atoms with Gasteiger partial charge in [0.1, 0.15) is 0 Å². The molecular weight excluding hydrogens is 273 g/mol. The van der Waals surface area contributed by atoms with E-state index in [1.54, 1.807) is 30.5 Å². The maximum Gasteiger partial charge on any atom is 0.416 e. The zero-order valence-corrected chi connectivity index (χ0v) is 10.9. The Morgan fingerprint density at radius 3 is 2.05 bits per heavy atom. The van der Waals surface area contributed by atoms with Gasteiger partial charge in [-0.05, 0) is 29.3 Å². The fourth-order valence-electron chi connectivity index (χ4n) is 1.79. The number of rotatable bonds is 2. The molecule has 0 saturated carbocycles. The van der Waals surface area contributed by atoms with Crippen LogP contribution in [0.2, 0.25) is 0 Å². The van der Waals surface area contributed by atoms with Crippen molar-refractivity contribution in [2.75, 3.05) is 6.26 Å². The number of hydrogen-bond donors (Lipinski definition) is 0. The molecule has 2 aromatic carbocycles. The summed E-state index contributed by atoms with van der Waals surface area (Å²) in [6, 6.07) is 11.8. The van der Waals surface area contributed by atoms with Crippen LogP contribution in [0.3, 0.4) is 0 Å². The molecule has 0 bridgehead atoms. The van der Waals surface area contributed by atoms with E-state index in [1.165, 1.54) is 12.1 Å². The van der Waals surface area contributed by atoms with Gasteiger partial charge in [0, 0.05) is 11.2 Å². The first-order valence-corrected chi connectivity index (χ1v) is 7.05. The molecule has 0 aliphatic rings. The summed E-state index contributed by atoms with van der Waals surface area (Å²) in [4.78, 5) is 0.613. The summed E-state index contributed by atoms with van der Waals surface area (Å²) < 4.78 is 49.0. The smallest absolute Gasteiger partial charge is 0.255 e. The first-order valence-electron chi connectivity index (χ1n) is 5.49. The number of halogens is 3. The van der Waals surface area contributed by atoms with Gasteiger partial charge in [0.05, 0.1) is 16.4 Å². The third-order valence-electron chi connectivity index (χ3n) is 2.72. The van der Waals surface area contributed by atoms with Gasteiger partial charge in [-0.25, -0.2) is 0 Å². The van der Waals surface area contributed by atoms with Gasteiger partial charge in [-0.3, -0.25) is 4.21 Å². The third-order valence-corrected chi connectivity index (χ3v) is 3.70. The van der Waals surface area contributed by atoms with Crippen molar-refractivity contribution in [1.82, 2.24) is 0 Å². The van der Waals surface area contributed by atoms with E-state index in [4.69, 9.17) is 0 Å². The van der Waals surface area contributed by atoms with Crippen LogP contribution < -0.4 is 0 Å². The fourth-order valence-corrected chi connectivity index (χ4v) is 2.56. The Kier molecular flexibility index (Phi) is 3.75. The standard InChI is InChI=1S/C14H11F3OS/c1-19(18)13-5-3-2-4-12(13)10-6-8-11(9-7-10)14(15,16)17/h2-9H,1H3. The van der Waals surface area contributed by atoms with E-state index in [9.17, 15) is 17.4 Å². The second-order valence-electron chi connectivity index (χ2n) is 4.03. The van der Waals surface area contributed by atoms with Crippen LogP contribution in [0.5, 0.6) is 0 Å². The van der Waals surface area contributed by atoms with Crippen molar-refractivity contribution in [1.29, 1.82) is 0 Å². The molecule has 2 rings (SSSR count). The molecule has 2 aromatic rings. The average molecular weight is 284 g/mol. The molecule has 5 heteroatoms. The number of alkyl halides is 3. The zero-order valence-electron chi connectivity index (χ0n) is 10.1. The van der Waals surface area contributed by atoms with Crippen LogP contribution in [0.25, 0.3) is 11.1 Å². The maximum absolute atomic E-state index is 12.5. The molecule has 0 spiro atoms. The second-order valence-corrected chi connectivity index (χ2v) is 5.37. The van der Waals surface area contributed by atoms with E-state index >= 15 is 0 Å². The van der Waals surface area contributed by atoms with Crippen molar-refractivity contribution in [2.24, 2.45) is 0 Å². The summed E-state index contributed by atoms with van der Waals surface area (Å²) in [5.74, 6) is 0. The van der Waals surface area contributed by atoms with E-state index in [1.807, 2.05) is 0 Å². The summed E-state index contributed by atoms with van der Waals surface area (Å²) in [6.45, 7) is 0. The summed E-state index contributed by atoms with van der Waals surface area (Å²) in [5, 5.41) is 0. The van der Waals surface area contributed by atoms with Crippen molar-refractivity contribution in [2.45, 2.75) is 11.1 Å². The molecule has 1 nitrogen and oxygen atoms in total. The predicted molar refractivity (Wildman–Crippen MR) is 69.2 cm³/mol.